The van der Waals surface area contributed by atoms with Crippen LogP contribution in [0.15, 0.2) is 34.9 Å². The van der Waals surface area contributed by atoms with Crippen molar-refractivity contribution in [1.82, 2.24) is 0 Å². The van der Waals surface area contributed by atoms with E-state index < -0.39 is 11.9 Å². The molecular formula is C16H15NO4. The maximum absolute atomic E-state index is 12.1. The third-order valence-corrected chi connectivity index (χ3v) is 3.71. The van der Waals surface area contributed by atoms with Crippen LogP contribution >= 0.6 is 0 Å². The topological polar surface area (TPSA) is 79.5 Å². The van der Waals surface area contributed by atoms with E-state index in [1.54, 1.807) is 0 Å². The van der Waals surface area contributed by atoms with Gasteiger partial charge in [0.15, 0.2) is 5.76 Å². The van der Waals surface area contributed by atoms with Crippen molar-refractivity contribution in [3.63, 3.8) is 0 Å². The van der Waals surface area contributed by atoms with Crippen LogP contribution in [0.25, 0.3) is 0 Å². The Balaban J connectivity index is 1.83. The summed E-state index contributed by atoms with van der Waals surface area (Å²) in [6.07, 6.45) is 5.33. The third-order valence-electron chi connectivity index (χ3n) is 3.71. The first-order chi connectivity index (χ1) is 10.1. The molecule has 0 aliphatic heterocycles. The van der Waals surface area contributed by atoms with Gasteiger partial charge in [0, 0.05) is 11.8 Å². The molecule has 0 atom stereocenters. The van der Waals surface area contributed by atoms with Crippen LogP contribution in [0.3, 0.4) is 0 Å². The van der Waals surface area contributed by atoms with Gasteiger partial charge in [0.2, 0.25) is 0 Å². The molecule has 5 nitrogen and oxygen atoms in total. The standard InChI is InChI=1S/C16H15NO4/c18-15(14-8-11(9-21-14)16(19)20)17-13-7-3-5-10-4-1-2-6-12(10)13/h3,5,7-9H,1-2,4,6H2,(H,17,18)(H,19,20). The number of carbonyl (C=O) groups is 2. The van der Waals surface area contributed by atoms with Crippen molar-refractivity contribution in [2.75, 3.05) is 5.32 Å². The van der Waals surface area contributed by atoms with E-state index in [4.69, 9.17) is 9.52 Å². The number of anilines is 1. The molecule has 5 heteroatoms. The third kappa shape index (κ3) is 2.67. The Labute approximate surface area is 121 Å². The summed E-state index contributed by atoms with van der Waals surface area (Å²) in [4.78, 5) is 22.9. The van der Waals surface area contributed by atoms with Crippen LogP contribution in [0.4, 0.5) is 5.69 Å². The highest BCUT2D eigenvalue weighted by Gasteiger charge is 2.18. The molecule has 21 heavy (non-hydrogen) atoms. The summed E-state index contributed by atoms with van der Waals surface area (Å²) < 4.78 is 5.01. The number of aryl methyl sites for hydroxylation is 1. The number of nitrogens with one attached hydrogen (secondary N) is 1. The van der Waals surface area contributed by atoms with Gasteiger partial charge < -0.3 is 14.8 Å². The first-order valence-corrected chi connectivity index (χ1v) is 6.89. The van der Waals surface area contributed by atoms with Gasteiger partial charge in [-0.1, -0.05) is 12.1 Å². The molecule has 1 aromatic carbocycles. The highest BCUT2D eigenvalue weighted by atomic mass is 16.4. The molecule has 1 aromatic heterocycles. The van der Waals surface area contributed by atoms with Crippen LogP contribution in [0.2, 0.25) is 0 Å². The number of rotatable bonds is 3. The Kier molecular flexibility index (Phi) is 3.48. The van der Waals surface area contributed by atoms with Gasteiger partial charge in [0.25, 0.3) is 5.91 Å². The number of hydrogen-bond acceptors (Lipinski definition) is 3. The fourth-order valence-electron chi connectivity index (χ4n) is 2.65. The van der Waals surface area contributed by atoms with Crippen LogP contribution in [-0.4, -0.2) is 17.0 Å². The number of carbonyl (C=O) groups excluding carboxylic acids is 1. The molecule has 0 bridgehead atoms. The average Bonchev–Trinajstić information content (AvgIpc) is 2.98. The van der Waals surface area contributed by atoms with Crippen molar-refractivity contribution in [2.45, 2.75) is 25.7 Å². The van der Waals surface area contributed by atoms with Gasteiger partial charge in [-0.25, -0.2) is 4.79 Å². The van der Waals surface area contributed by atoms with Gasteiger partial charge >= 0.3 is 5.97 Å². The van der Waals surface area contributed by atoms with Crippen LogP contribution < -0.4 is 5.32 Å². The van der Waals surface area contributed by atoms with E-state index in [1.165, 1.54) is 23.6 Å². The van der Waals surface area contributed by atoms with Crippen molar-refractivity contribution in [3.05, 3.63) is 53.0 Å². The molecule has 0 unspecified atom stereocenters. The van der Waals surface area contributed by atoms with Crippen molar-refractivity contribution in [2.24, 2.45) is 0 Å². The lowest BCUT2D eigenvalue weighted by molar-refractivity contribution is 0.0696. The monoisotopic (exact) mass is 285 g/mol. The lowest BCUT2D eigenvalue weighted by Gasteiger charge is -2.19. The fraction of sp³-hybridized carbons (Fsp3) is 0.250. The minimum Gasteiger partial charge on any atom is -0.478 e. The summed E-state index contributed by atoms with van der Waals surface area (Å²) in [5, 5.41) is 11.6. The molecule has 1 amide bonds. The number of hydrogen-bond donors (Lipinski definition) is 2. The molecule has 0 fully saturated rings. The smallest absolute Gasteiger partial charge is 0.338 e. The van der Waals surface area contributed by atoms with Crippen LogP contribution in [0.5, 0.6) is 0 Å². The number of amides is 1. The lowest BCUT2D eigenvalue weighted by atomic mass is 9.90. The quantitative estimate of drug-likeness (QED) is 0.908. The Morgan fingerprint density at radius 3 is 2.76 bits per heavy atom. The van der Waals surface area contributed by atoms with Crippen LogP contribution in [-0.2, 0) is 12.8 Å². The fourth-order valence-corrected chi connectivity index (χ4v) is 2.65. The van der Waals surface area contributed by atoms with Crippen molar-refractivity contribution in [3.8, 4) is 0 Å². The predicted molar refractivity (Wildman–Crippen MR) is 76.7 cm³/mol. The number of fused-ring (bicyclic) bond motifs is 1. The van der Waals surface area contributed by atoms with Gasteiger partial charge in [0.05, 0.1) is 5.56 Å². The second-order valence-corrected chi connectivity index (χ2v) is 5.11. The van der Waals surface area contributed by atoms with E-state index in [0.29, 0.717) is 0 Å². The van der Waals surface area contributed by atoms with Gasteiger partial charge in [-0.3, -0.25) is 4.79 Å². The first kappa shape index (κ1) is 13.4. The molecule has 2 N–H and O–H groups in total. The van der Waals surface area contributed by atoms with Gasteiger partial charge in [-0.2, -0.15) is 0 Å². The summed E-state index contributed by atoms with van der Waals surface area (Å²) in [6.45, 7) is 0. The summed E-state index contributed by atoms with van der Waals surface area (Å²) in [5.74, 6) is -1.54. The zero-order valence-corrected chi connectivity index (χ0v) is 11.4. The molecule has 2 aromatic rings. The molecule has 108 valence electrons. The first-order valence-electron chi connectivity index (χ1n) is 6.89. The molecule has 1 aliphatic carbocycles. The summed E-state index contributed by atoms with van der Waals surface area (Å²) in [7, 11) is 0. The van der Waals surface area contributed by atoms with Crippen molar-refractivity contribution >= 4 is 17.6 Å². The van der Waals surface area contributed by atoms with Gasteiger partial charge in [-0.05, 0) is 42.9 Å². The zero-order chi connectivity index (χ0) is 14.8. The number of benzene rings is 1. The molecule has 0 saturated carbocycles. The summed E-state index contributed by atoms with van der Waals surface area (Å²) in [6, 6.07) is 7.10. The second kappa shape index (κ2) is 5.44. The van der Waals surface area contributed by atoms with E-state index in [-0.39, 0.29) is 11.3 Å². The molecule has 0 radical (unpaired) electrons. The average molecular weight is 285 g/mol. The Hall–Kier alpha value is -2.56. The van der Waals surface area contributed by atoms with E-state index >= 15 is 0 Å². The number of carboxylic acid groups (broad SMARTS) is 1. The maximum Gasteiger partial charge on any atom is 0.338 e. The van der Waals surface area contributed by atoms with Crippen LogP contribution in [0.1, 0.15) is 44.9 Å². The number of carboxylic acids is 1. The SMILES string of the molecule is O=C(O)c1coc(C(=O)Nc2cccc3c2CCCC3)c1. The van der Waals surface area contributed by atoms with E-state index in [2.05, 4.69) is 11.4 Å². The van der Waals surface area contributed by atoms with E-state index in [9.17, 15) is 9.59 Å². The second-order valence-electron chi connectivity index (χ2n) is 5.11. The Morgan fingerprint density at radius 1 is 1.19 bits per heavy atom. The molecule has 0 saturated heterocycles. The molecule has 3 rings (SSSR count). The molecule has 1 aliphatic rings. The Bertz CT molecular complexity index is 702. The molecule has 0 spiro atoms. The maximum atomic E-state index is 12.1. The highest BCUT2D eigenvalue weighted by Crippen LogP contribution is 2.28. The largest absolute Gasteiger partial charge is 0.478 e. The minimum atomic E-state index is -1.12. The highest BCUT2D eigenvalue weighted by molar-refractivity contribution is 6.04. The summed E-state index contributed by atoms with van der Waals surface area (Å²) in [5.41, 5.74) is 3.19. The van der Waals surface area contributed by atoms with Gasteiger partial charge in [0.1, 0.15) is 6.26 Å². The van der Waals surface area contributed by atoms with Gasteiger partial charge in [-0.15, -0.1) is 0 Å². The lowest BCUT2D eigenvalue weighted by Crippen LogP contribution is -2.14. The van der Waals surface area contributed by atoms with E-state index in [0.717, 1.165) is 31.2 Å². The molecule has 1 heterocycles. The Morgan fingerprint density at radius 2 is 2.00 bits per heavy atom. The van der Waals surface area contributed by atoms with Crippen molar-refractivity contribution in [1.29, 1.82) is 0 Å². The van der Waals surface area contributed by atoms with E-state index in [1.807, 2.05) is 12.1 Å². The summed E-state index contributed by atoms with van der Waals surface area (Å²) >= 11 is 0. The van der Waals surface area contributed by atoms with Crippen molar-refractivity contribution < 1.29 is 19.1 Å². The zero-order valence-electron chi connectivity index (χ0n) is 11.4. The minimum absolute atomic E-state index is 0.000752. The number of furan rings is 1. The predicted octanol–water partition coefficient (Wildman–Crippen LogP) is 3.11. The molecular weight excluding hydrogens is 270 g/mol. The normalized spacial score (nSPS) is 13.5. The number of aromatic carboxylic acids is 1. The van der Waals surface area contributed by atoms with Crippen LogP contribution in [0, 0.1) is 0 Å².